The molecular formula is C19H22ClN3O3S. The van der Waals surface area contributed by atoms with E-state index in [0.29, 0.717) is 42.4 Å². The zero-order valence-electron chi connectivity index (χ0n) is 15.3. The summed E-state index contributed by atoms with van der Waals surface area (Å²) in [6, 6.07) is 12.3. The highest BCUT2D eigenvalue weighted by molar-refractivity contribution is 7.86. The number of hydrogen-bond donors (Lipinski definition) is 1. The average Bonchev–Trinajstić information content (AvgIpc) is 3.15. The maximum atomic E-state index is 12.6. The van der Waals surface area contributed by atoms with Crippen molar-refractivity contribution in [3.05, 3.63) is 53.1 Å². The summed E-state index contributed by atoms with van der Waals surface area (Å²) in [6.07, 6.45) is 0.519. The van der Waals surface area contributed by atoms with Crippen LogP contribution in [0.2, 0.25) is 5.02 Å². The molecule has 144 valence electrons. The van der Waals surface area contributed by atoms with Gasteiger partial charge in [-0.3, -0.25) is 0 Å². The van der Waals surface area contributed by atoms with Crippen molar-refractivity contribution in [1.29, 1.82) is 0 Å². The predicted molar refractivity (Wildman–Crippen MR) is 108 cm³/mol. The molecule has 1 N–H and O–H groups in total. The van der Waals surface area contributed by atoms with Gasteiger partial charge in [-0.05, 0) is 41.5 Å². The fourth-order valence-electron chi connectivity index (χ4n) is 3.06. The molecule has 0 aliphatic carbocycles. The van der Waals surface area contributed by atoms with Gasteiger partial charge in [-0.25, -0.2) is 0 Å². The van der Waals surface area contributed by atoms with Crippen molar-refractivity contribution in [2.24, 2.45) is 5.10 Å². The summed E-state index contributed by atoms with van der Waals surface area (Å²) >= 11 is 5.93. The van der Waals surface area contributed by atoms with Crippen molar-refractivity contribution in [2.75, 3.05) is 19.6 Å². The molecular weight excluding hydrogens is 386 g/mol. The van der Waals surface area contributed by atoms with Crippen LogP contribution in [0.4, 0.5) is 0 Å². The zero-order chi connectivity index (χ0) is 19.6. The molecule has 8 heteroatoms. The lowest BCUT2D eigenvalue weighted by Gasteiger charge is -2.23. The Kier molecular flexibility index (Phi) is 5.74. The lowest BCUT2D eigenvalue weighted by Crippen LogP contribution is -2.40. The van der Waals surface area contributed by atoms with Gasteiger partial charge in [0, 0.05) is 30.1 Å². The average molecular weight is 408 g/mol. The molecule has 2 aromatic carbocycles. The Morgan fingerprint density at radius 2 is 1.74 bits per heavy atom. The Labute approximate surface area is 164 Å². The van der Waals surface area contributed by atoms with E-state index in [1.54, 1.807) is 38.1 Å². The molecule has 1 aliphatic rings. The van der Waals surface area contributed by atoms with Crippen molar-refractivity contribution < 1.29 is 13.5 Å². The van der Waals surface area contributed by atoms with E-state index in [1.165, 1.54) is 4.31 Å². The van der Waals surface area contributed by atoms with Crippen molar-refractivity contribution >= 4 is 27.5 Å². The van der Waals surface area contributed by atoms with Crippen LogP contribution in [0.1, 0.15) is 25.8 Å². The molecule has 0 saturated heterocycles. The third-order valence-electron chi connectivity index (χ3n) is 4.56. The third kappa shape index (κ3) is 3.95. The summed E-state index contributed by atoms with van der Waals surface area (Å²) in [6.45, 7) is 4.73. The van der Waals surface area contributed by atoms with Crippen LogP contribution in [-0.2, 0) is 10.2 Å². The van der Waals surface area contributed by atoms with Gasteiger partial charge in [-0.1, -0.05) is 37.6 Å². The van der Waals surface area contributed by atoms with E-state index < -0.39 is 10.2 Å². The van der Waals surface area contributed by atoms with Gasteiger partial charge in [0.15, 0.2) is 0 Å². The van der Waals surface area contributed by atoms with Crippen LogP contribution in [-0.4, -0.2) is 47.6 Å². The van der Waals surface area contributed by atoms with Crippen LogP contribution in [0.3, 0.4) is 0 Å². The highest BCUT2D eigenvalue weighted by Crippen LogP contribution is 2.32. The monoisotopic (exact) mass is 407 g/mol. The molecule has 0 unspecified atom stereocenters. The number of phenolic OH excluding ortho intramolecular Hbond substituents is 1. The van der Waals surface area contributed by atoms with Crippen LogP contribution in [0.25, 0.3) is 11.1 Å². The van der Waals surface area contributed by atoms with Crippen molar-refractivity contribution in [2.45, 2.75) is 20.3 Å². The van der Waals surface area contributed by atoms with Crippen molar-refractivity contribution in [3.8, 4) is 16.9 Å². The molecule has 1 aliphatic heterocycles. The molecule has 27 heavy (non-hydrogen) atoms. The van der Waals surface area contributed by atoms with Gasteiger partial charge in [-0.15, -0.1) is 0 Å². The van der Waals surface area contributed by atoms with Gasteiger partial charge in [0.1, 0.15) is 5.75 Å². The second-order valence-electron chi connectivity index (χ2n) is 6.17. The molecule has 0 atom stereocenters. The fourth-order valence-corrected chi connectivity index (χ4v) is 4.63. The predicted octanol–water partition coefficient (Wildman–Crippen LogP) is 3.71. The normalized spacial score (nSPS) is 14.7. The van der Waals surface area contributed by atoms with E-state index in [1.807, 2.05) is 18.2 Å². The van der Waals surface area contributed by atoms with Crippen LogP contribution in [0, 0.1) is 0 Å². The molecule has 0 spiro atoms. The number of phenols is 1. The number of rotatable bonds is 6. The first-order valence-electron chi connectivity index (χ1n) is 8.81. The Bertz CT molecular complexity index is 955. The molecule has 3 rings (SSSR count). The maximum Gasteiger partial charge on any atom is 0.318 e. The molecule has 0 fully saturated rings. The standard InChI is InChI=1S/C19H22ClN3O3S/c1-3-22(4-2)27(25,26)23-12-11-18(21-23)15-7-10-19(24)17(13-15)14-5-8-16(20)9-6-14/h5-10,13,24H,3-4,11-12H2,1-2H3. The van der Waals surface area contributed by atoms with Gasteiger partial charge in [-0.2, -0.15) is 22.2 Å². The molecule has 0 saturated carbocycles. The minimum Gasteiger partial charge on any atom is -0.507 e. The van der Waals surface area contributed by atoms with Crippen LogP contribution in [0.15, 0.2) is 47.6 Å². The molecule has 6 nitrogen and oxygen atoms in total. The molecule has 0 radical (unpaired) electrons. The first-order valence-corrected chi connectivity index (χ1v) is 10.6. The quantitative estimate of drug-likeness (QED) is 0.793. The molecule has 0 amide bonds. The van der Waals surface area contributed by atoms with Gasteiger partial charge in [0.05, 0.1) is 12.3 Å². The lowest BCUT2D eigenvalue weighted by atomic mass is 9.99. The summed E-state index contributed by atoms with van der Waals surface area (Å²) in [5, 5.41) is 15.2. The summed E-state index contributed by atoms with van der Waals surface area (Å²) in [7, 11) is -3.60. The molecule has 2 aromatic rings. The SMILES string of the molecule is CCN(CC)S(=O)(=O)N1CCC(c2ccc(O)c(-c3ccc(Cl)cc3)c2)=N1. The Morgan fingerprint density at radius 3 is 2.37 bits per heavy atom. The number of aromatic hydroxyl groups is 1. The number of nitrogens with zero attached hydrogens (tertiary/aromatic N) is 3. The first-order chi connectivity index (χ1) is 12.9. The topological polar surface area (TPSA) is 73.2 Å². The van der Waals surface area contributed by atoms with Crippen molar-refractivity contribution in [1.82, 2.24) is 8.72 Å². The maximum absolute atomic E-state index is 12.6. The molecule has 1 heterocycles. The van der Waals surface area contributed by atoms with Crippen LogP contribution >= 0.6 is 11.6 Å². The van der Waals surface area contributed by atoms with Gasteiger partial charge >= 0.3 is 10.2 Å². The van der Waals surface area contributed by atoms with E-state index in [2.05, 4.69) is 5.10 Å². The Hall–Kier alpha value is -2.09. The Morgan fingerprint density at radius 1 is 1.11 bits per heavy atom. The van der Waals surface area contributed by atoms with Crippen LogP contribution in [0.5, 0.6) is 5.75 Å². The largest absolute Gasteiger partial charge is 0.507 e. The van der Waals surface area contributed by atoms with E-state index in [0.717, 1.165) is 15.5 Å². The number of hydrogen-bond acceptors (Lipinski definition) is 4. The fraction of sp³-hybridized carbons (Fsp3) is 0.316. The summed E-state index contributed by atoms with van der Waals surface area (Å²) < 4.78 is 27.8. The summed E-state index contributed by atoms with van der Waals surface area (Å²) in [5.41, 5.74) is 2.94. The highest BCUT2D eigenvalue weighted by Gasteiger charge is 2.30. The highest BCUT2D eigenvalue weighted by atomic mass is 35.5. The molecule has 0 aromatic heterocycles. The second kappa shape index (κ2) is 7.88. The number of halogens is 1. The van der Waals surface area contributed by atoms with Crippen molar-refractivity contribution in [3.63, 3.8) is 0 Å². The smallest absolute Gasteiger partial charge is 0.318 e. The molecule has 0 bridgehead atoms. The summed E-state index contributed by atoms with van der Waals surface area (Å²) in [4.78, 5) is 0. The minimum atomic E-state index is -3.60. The zero-order valence-corrected chi connectivity index (χ0v) is 16.8. The van der Waals surface area contributed by atoms with E-state index in [9.17, 15) is 13.5 Å². The van der Waals surface area contributed by atoms with E-state index >= 15 is 0 Å². The second-order valence-corrected chi connectivity index (χ2v) is 8.44. The van der Waals surface area contributed by atoms with Gasteiger partial charge < -0.3 is 5.11 Å². The van der Waals surface area contributed by atoms with Crippen LogP contribution < -0.4 is 0 Å². The van der Waals surface area contributed by atoms with E-state index in [-0.39, 0.29) is 5.75 Å². The minimum absolute atomic E-state index is 0.146. The van der Waals surface area contributed by atoms with E-state index in [4.69, 9.17) is 11.6 Å². The lowest BCUT2D eigenvalue weighted by molar-refractivity contribution is 0.371. The number of benzene rings is 2. The summed E-state index contributed by atoms with van der Waals surface area (Å²) in [5.74, 6) is 0.146. The van der Waals surface area contributed by atoms with Gasteiger partial charge in [0.25, 0.3) is 0 Å². The third-order valence-corrected chi connectivity index (χ3v) is 6.77. The Balaban J connectivity index is 1.94. The number of hydrazone groups is 1. The van der Waals surface area contributed by atoms with Gasteiger partial charge in [0.2, 0.25) is 0 Å². The first kappa shape index (κ1) is 19.7.